The minimum absolute atomic E-state index is 0.238. The van der Waals surface area contributed by atoms with Crippen molar-refractivity contribution in [3.63, 3.8) is 0 Å². The maximum atomic E-state index is 12.1. The Bertz CT molecular complexity index is 702. The molecule has 0 saturated heterocycles. The van der Waals surface area contributed by atoms with E-state index in [2.05, 4.69) is 30.7 Å². The van der Waals surface area contributed by atoms with Gasteiger partial charge in [0.25, 0.3) is 5.91 Å². The lowest BCUT2D eigenvalue weighted by Crippen LogP contribution is -2.27. The molecule has 2 aromatic heterocycles. The maximum Gasteiger partial charge on any atom is 0.311 e. The Morgan fingerprint density at radius 3 is 2.86 bits per heavy atom. The van der Waals surface area contributed by atoms with Crippen LogP contribution in [0.4, 0.5) is 0 Å². The number of carboxylic acids is 1. The van der Waals surface area contributed by atoms with E-state index < -0.39 is 12.0 Å². The second kappa shape index (κ2) is 5.58. The minimum atomic E-state index is -0.997. The van der Waals surface area contributed by atoms with Crippen molar-refractivity contribution in [1.29, 1.82) is 0 Å². The zero-order valence-corrected chi connectivity index (χ0v) is 12.0. The number of carbonyl (C=O) groups excluding carboxylic acids is 1. The molecule has 1 amide bonds. The van der Waals surface area contributed by atoms with Crippen LogP contribution in [0.25, 0.3) is 0 Å². The van der Waals surface area contributed by atoms with E-state index in [0.29, 0.717) is 17.4 Å². The molecule has 4 N–H and O–H groups in total. The van der Waals surface area contributed by atoms with Gasteiger partial charge in [0.05, 0.1) is 6.04 Å². The Balaban J connectivity index is 1.62. The molecule has 1 fully saturated rings. The summed E-state index contributed by atoms with van der Waals surface area (Å²) in [5, 5.41) is 24.8. The lowest BCUT2D eigenvalue weighted by atomic mass is 10.2. The SMILES string of the molecule is CC(NC(=O)c1cc(C2CC2)[nH]n1)c1n[nH]c(CC(=O)O)n1. The predicted molar refractivity (Wildman–Crippen MR) is 74.2 cm³/mol. The van der Waals surface area contributed by atoms with Crippen LogP contribution in [-0.2, 0) is 11.2 Å². The summed E-state index contributed by atoms with van der Waals surface area (Å²) in [4.78, 5) is 26.8. The third-order valence-electron chi connectivity index (χ3n) is 3.45. The van der Waals surface area contributed by atoms with Crippen LogP contribution in [0.1, 0.15) is 59.6 Å². The number of aliphatic carboxylic acids is 1. The summed E-state index contributed by atoms with van der Waals surface area (Å²) >= 11 is 0. The van der Waals surface area contributed by atoms with E-state index >= 15 is 0 Å². The first-order valence-electron chi connectivity index (χ1n) is 7.02. The summed E-state index contributed by atoms with van der Waals surface area (Å²) in [6, 6.07) is 1.31. The van der Waals surface area contributed by atoms with Gasteiger partial charge in [-0.05, 0) is 25.8 Å². The van der Waals surface area contributed by atoms with Crippen LogP contribution in [0.5, 0.6) is 0 Å². The van der Waals surface area contributed by atoms with Gasteiger partial charge in [0.1, 0.15) is 17.9 Å². The van der Waals surface area contributed by atoms with Gasteiger partial charge in [-0.3, -0.25) is 19.8 Å². The van der Waals surface area contributed by atoms with E-state index in [1.165, 1.54) is 0 Å². The number of hydrogen-bond acceptors (Lipinski definition) is 5. The van der Waals surface area contributed by atoms with Gasteiger partial charge >= 0.3 is 5.97 Å². The number of carbonyl (C=O) groups is 2. The molecule has 1 unspecified atom stereocenters. The number of rotatable bonds is 6. The molecular formula is C13H16N6O3. The lowest BCUT2D eigenvalue weighted by molar-refractivity contribution is -0.136. The van der Waals surface area contributed by atoms with Crippen LogP contribution in [-0.4, -0.2) is 42.4 Å². The molecule has 0 radical (unpaired) electrons. The summed E-state index contributed by atoms with van der Waals surface area (Å²) in [6.45, 7) is 1.72. The number of nitrogens with one attached hydrogen (secondary N) is 3. The molecule has 1 saturated carbocycles. The van der Waals surface area contributed by atoms with E-state index in [9.17, 15) is 9.59 Å². The third kappa shape index (κ3) is 3.13. The van der Waals surface area contributed by atoms with Crippen LogP contribution in [0.2, 0.25) is 0 Å². The summed E-state index contributed by atoms with van der Waals surface area (Å²) < 4.78 is 0. The fourth-order valence-corrected chi connectivity index (χ4v) is 2.12. The van der Waals surface area contributed by atoms with Gasteiger partial charge < -0.3 is 10.4 Å². The van der Waals surface area contributed by atoms with Crippen molar-refractivity contribution in [2.75, 3.05) is 0 Å². The summed E-state index contributed by atoms with van der Waals surface area (Å²) in [6.07, 6.45) is 2.02. The topological polar surface area (TPSA) is 137 Å². The Morgan fingerprint density at radius 1 is 1.41 bits per heavy atom. The van der Waals surface area contributed by atoms with Crippen molar-refractivity contribution < 1.29 is 14.7 Å². The zero-order chi connectivity index (χ0) is 15.7. The highest BCUT2D eigenvalue weighted by Gasteiger charge is 2.27. The van der Waals surface area contributed by atoms with Gasteiger partial charge in [0.2, 0.25) is 0 Å². The predicted octanol–water partition coefficient (Wildman–Crippen LogP) is 0.523. The second-order valence-corrected chi connectivity index (χ2v) is 5.39. The van der Waals surface area contributed by atoms with Gasteiger partial charge in [-0.1, -0.05) is 0 Å². The minimum Gasteiger partial charge on any atom is -0.481 e. The average molecular weight is 304 g/mol. The molecule has 116 valence electrons. The highest BCUT2D eigenvalue weighted by atomic mass is 16.4. The number of nitrogens with zero attached hydrogens (tertiary/aromatic N) is 3. The molecular weight excluding hydrogens is 288 g/mol. The molecule has 2 heterocycles. The molecule has 1 aliphatic carbocycles. The number of aromatic nitrogens is 5. The maximum absolute atomic E-state index is 12.1. The lowest BCUT2D eigenvalue weighted by Gasteiger charge is -2.08. The molecule has 1 aliphatic rings. The molecule has 0 aliphatic heterocycles. The fourth-order valence-electron chi connectivity index (χ4n) is 2.12. The molecule has 0 spiro atoms. The molecule has 0 aromatic carbocycles. The van der Waals surface area contributed by atoms with Gasteiger partial charge in [0, 0.05) is 11.6 Å². The first-order chi connectivity index (χ1) is 10.5. The van der Waals surface area contributed by atoms with E-state index in [0.717, 1.165) is 18.5 Å². The Morgan fingerprint density at radius 2 is 2.18 bits per heavy atom. The summed E-state index contributed by atoms with van der Waals surface area (Å²) in [7, 11) is 0. The Kier molecular flexibility index (Phi) is 3.61. The van der Waals surface area contributed by atoms with E-state index in [1.807, 2.05) is 0 Å². The molecule has 3 rings (SSSR count). The molecule has 9 heteroatoms. The third-order valence-corrected chi connectivity index (χ3v) is 3.45. The van der Waals surface area contributed by atoms with Crippen molar-refractivity contribution in [2.24, 2.45) is 0 Å². The monoisotopic (exact) mass is 304 g/mol. The van der Waals surface area contributed by atoms with Gasteiger partial charge in [0.15, 0.2) is 5.82 Å². The Labute approximate surface area is 125 Å². The highest BCUT2D eigenvalue weighted by molar-refractivity contribution is 5.92. The van der Waals surface area contributed by atoms with E-state index in [-0.39, 0.29) is 18.2 Å². The van der Waals surface area contributed by atoms with Crippen molar-refractivity contribution in [1.82, 2.24) is 30.7 Å². The fraction of sp³-hybridized carbons (Fsp3) is 0.462. The van der Waals surface area contributed by atoms with Gasteiger partial charge in [-0.15, -0.1) is 0 Å². The van der Waals surface area contributed by atoms with Gasteiger partial charge in [-0.2, -0.15) is 10.2 Å². The quantitative estimate of drug-likeness (QED) is 0.614. The average Bonchev–Trinajstić information content (AvgIpc) is 3.00. The second-order valence-electron chi connectivity index (χ2n) is 5.39. The van der Waals surface area contributed by atoms with Crippen LogP contribution < -0.4 is 5.32 Å². The molecule has 9 nitrogen and oxygen atoms in total. The first-order valence-corrected chi connectivity index (χ1v) is 7.02. The van der Waals surface area contributed by atoms with Gasteiger partial charge in [-0.25, -0.2) is 4.98 Å². The number of aromatic amines is 2. The molecule has 0 bridgehead atoms. The van der Waals surface area contributed by atoms with Crippen LogP contribution in [0, 0.1) is 0 Å². The smallest absolute Gasteiger partial charge is 0.311 e. The standard InChI is InChI=1S/C13H16N6O3/c1-6(12-15-10(18-19-12)5-11(20)21)14-13(22)9-4-8(16-17-9)7-2-3-7/h4,6-7H,2-3,5H2,1H3,(H,14,22)(H,16,17)(H,20,21)(H,15,18,19). The number of hydrogen-bond donors (Lipinski definition) is 4. The van der Waals surface area contributed by atoms with Crippen LogP contribution >= 0.6 is 0 Å². The molecule has 22 heavy (non-hydrogen) atoms. The zero-order valence-electron chi connectivity index (χ0n) is 12.0. The van der Waals surface area contributed by atoms with Crippen molar-refractivity contribution in [3.8, 4) is 0 Å². The normalized spacial score (nSPS) is 15.5. The molecule has 1 atom stereocenters. The van der Waals surface area contributed by atoms with E-state index in [4.69, 9.17) is 5.11 Å². The van der Waals surface area contributed by atoms with Crippen LogP contribution in [0.3, 0.4) is 0 Å². The first kappa shape index (κ1) is 14.2. The number of H-pyrrole nitrogens is 2. The van der Waals surface area contributed by atoms with Crippen molar-refractivity contribution in [2.45, 2.75) is 38.1 Å². The number of carboxylic acid groups (broad SMARTS) is 1. The highest BCUT2D eigenvalue weighted by Crippen LogP contribution is 2.38. The van der Waals surface area contributed by atoms with E-state index in [1.54, 1.807) is 13.0 Å². The van der Waals surface area contributed by atoms with Crippen LogP contribution in [0.15, 0.2) is 6.07 Å². The van der Waals surface area contributed by atoms with Crippen molar-refractivity contribution >= 4 is 11.9 Å². The molecule has 2 aromatic rings. The van der Waals surface area contributed by atoms with Crippen molar-refractivity contribution in [3.05, 3.63) is 29.1 Å². The Hall–Kier alpha value is -2.71. The largest absolute Gasteiger partial charge is 0.481 e. The number of amides is 1. The summed E-state index contributed by atoms with van der Waals surface area (Å²) in [5.74, 6) is -0.233. The summed E-state index contributed by atoms with van der Waals surface area (Å²) in [5.41, 5.74) is 1.31.